The largest absolute Gasteiger partial charge is 0.309 e. The van der Waals surface area contributed by atoms with Gasteiger partial charge in [-0.2, -0.15) is 5.26 Å². The first-order chi connectivity index (χ1) is 11.2. The van der Waals surface area contributed by atoms with Crippen LogP contribution in [-0.2, 0) is 5.75 Å². The molecule has 0 aliphatic carbocycles. The third-order valence-electron chi connectivity index (χ3n) is 4.01. The molecule has 124 valence electrons. The van der Waals surface area contributed by atoms with E-state index in [0.717, 1.165) is 24.3 Å². The van der Waals surface area contributed by atoms with Crippen LogP contribution in [0.25, 0.3) is 5.57 Å². The molecule has 0 unspecified atom stereocenters. The van der Waals surface area contributed by atoms with E-state index in [1.54, 1.807) is 0 Å². The second-order valence-electron chi connectivity index (χ2n) is 5.98. The van der Waals surface area contributed by atoms with Gasteiger partial charge in [-0.3, -0.25) is 0 Å². The fourth-order valence-corrected chi connectivity index (χ4v) is 3.90. The molecule has 0 spiro atoms. The molecule has 0 N–H and O–H groups in total. The standard InChI is InChI=1S/C20H20N2S.BrH/c1-22(2)11-5-7-17-18-6-3-4-8-20(18)23-14-16-10-9-15(13-21)12-19(16)17;/h3-4,6-10,12H,5,11,14H2,1-2H3;1H. The Morgan fingerprint density at radius 3 is 2.71 bits per heavy atom. The summed E-state index contributed by atoms with van der Waals surface area (Å²) in [5.74, 6) is 0.947. The third kappa shape index (κ3) is 4.10. The summed E-state index contributed by atoms with van der Waals surface area (Å²) < 4.78 is 0. The molecule has 2 nitrogen and oxygen atoms in total. The van der Waals surface area contributed by atoms with E-state index in [1.165, 1.54) is 27.2 Å². The number of thioether (sulfide) groups is 1. The number of hydrogen-bond donors (Lipinski definition) is 0. The van der Waals surface area contributed by atoms with Gasteiger partial charge in [-0.15, -0.1) is 28.7 Å². The smallest absolute Gasteiger partial charge is 0.0991 e. The highest BCUT2D eigenvalue weighted by Crippen LogP contribution is 2.40. The summed E-state index contributed by atoms with van der Waals surface area (Å²) in [6, 6.07) is 16.9. The fourth-order valence-electron chi connectivity index (χ4n) is 2.83. The van der Waals surface area contributed by atoms with Gasteiger partial charge in [0.1, 0.15) is 0 Å². The van der Waals surface area contributed by atoms with Gasteiger partial charge >= 0.3 is 0 Å². The Balaban J connectivity index is 0.00000208. The van der Waals surface area contributed by atoms with Crippen molar-refractivity contribution in [1.29, 1.82) is 5.26 Å². The van der Waals surface area contributed by atoms with Crippen molar-refractivity contribution in [2.45, 2.75) is 17.1 Å². The van der Waals surface area contributed by atoms with Crippen molar-refractivity contribution >= 4 is 34.3 Å². The van der Waals surface area contributed by atoms with Crippen LogP contribution in [-0.4, -0.2) is 25.5 Å². The van der Waals surface area contributed by atoms with Crippen LogP contribution in [0.4, 0.5) is 0 Å². The monoisotopic (exact) mass is 400 g/mol. The minimum absolute atomic E-state index is 0. The van der Waals surface area contributed by atoms with E-state index in [1.807, 2.05) is 23.9 Å². The zero-order chi connectivity index (χ0) is 16.2. The zero-order valence-corrected chi connectivity index (χ0v) is 16.5. The Labute approximate surface area is 159 Å². The molecule has 0 amide bonds. The van der Waals surface area contributed by atoms with Crippen molar-refractivity contribution in [3.63, 3.8) is 0 Å². The van der Waals surface area contributed by atoms with E-state index >= 15 is 0 Å². The van der Waals surface area contributed by atoms with E-state index in [2.05, 4.69) is 61.5 Å². The van der Waals surface area contributed by atoms with Gasteiger partial charge in [0.15, 0.2) is 0 Å². The van der Waals surface area contributed by atoms with E-state index < -0.39 is 0 Å². The molecule has 0 fully saturated rings. The van der Waals surface area contributed by atoms with Crippen LogP contribution in [0.1, 0.15) is 28.7 Å². The highest BCUT2D eigenvalue weighted by atomic mass is 79.9. The van der Waals surface area contributed by atoms with Crippen LogP contribution in [0.15, 0.2) is 53.4 Å². The lowest BCUT2D eigenvalue weighted by Crippen LogP contribution is -2.12. The molecule has 0 saturated carbocycles. The number of nitrogens with zero attached hydrogens (tertiary/aromatic N) is 2. The minimum atomic E-state index is 0. The summed E-state index contributed by atoms with van der Waals surface area (Å²) in [5.41, 5.74) is 5.79. The summed E-state index contributed by atoms with van der Waals surface area (Å²) >= 11 is 1.88. The second kappa shape index (κ2) is 8.53. The maximum absolute atomic E-state index is 9.26. The number of hydrogen-bond acceptors (Lipinski definition) is 3. The number of nitriles is 1. The highest BCUT2D eigenvalue weighted by Gasteiger charge is 2.18. The fraction of sp³-hybridized carbons (Fsp3) is 0.250. The number of halogens is 1. The van der Waals surface area contributed by atoms with Gasteiger partial charge in [-0.25, -0.2) is 0 Å². The molecule has 0 bridgehead atoms. The molecule has 24 heavy (non-hydrogen) atoms. The Bertz CT molecular complexity index is 790. The van der Waals surface area contributed by atoms with Crippen molar-refractivity contribution < 1.29 is 0 Å². The van der Waals surface area contributed by atoms with E-state index in [0.29, 0.717) is 0 Å². The van der Waals surface area contributed by atoms with Crippen molar-refractivity contribution in [1.82, 2.24) is 4.90 Å². The van der Waals surface area contributed by atoms with Crippen LogP contribution in [0, 0.1) is 11.3 Å². The highest BCUT2D eigenvalue weighted by molar-refractivity contribution is 8.93. The van der Waals surface area contributed by atoms with Crippen LogP contribution in [0.2, 0.25) is 0 Å². The van der Waals surface area contributed by atoms with Crippen molar-refractivity contribution in [2.75, 3.05) is 20.6 Å². The molecule has 3 rings (SSSR count). The average molecular weight is 401 g/mol. The predicted molar refractivity (Wildman–Crippen MR) is 108 cm³/mol. The Morgan fingerprint density at radius 2 is 1.96 bits per heavy atom. The van der Waals surface area contributed by atoms with Gasteiger partial charge in [0, 0.05) is 17.2 Å². The molecule has 1 heterocycles. The maximum atomic E-state index is 9.26. The van der Waals surface area contributed by atoms with Gasteiger partial charge in [-0.05, 0) is 61.0 Å². The second-order valence-corrected chi connectivity index (χ2v) is 7.00. The minimum Gasteiger partial charge on any atom is -0.309 e. The molecule has 0 atom stereocenters. The first kappa shape index (κ1) is 18.8. The molecule has 0 saturated heterocycles. The molecule has 1 aliphatic heterocycles. The van der Waals surface area contributed by atoms with Crippen molar-refractivity contribution in [3.05, 3.63) is 70.8 Å². The summed E-state index contributed by atoms with van der Waals surface area (Å²) in [6.45, 7) is 1.02. The van der Waals surface area contributed by atoms with Gasteiger partial charge < -0.3 is 4.90 Å². The zero-order valence-electron chi connectivity index (χ0n) is 14.0. The van der Waals surface area contributed by atoms with Crippen LogP contribution in [0.3, 0.4) is 0 Å². The number of benzene rings is 2. The number of rotatable bonds is 3. The van der Waals surface area contributed by atoms with Gasteiger partial charge in [-0.1, -0.05) is 30.3 Å². The topological polar surface area (TPSA) is 27.0 Å². The van der Waals surface area contributed by atoms with Crippen LogP contribution >= 0.6 is 28.7 Å². The molecule has 4 heteroatoms. The van der Waals surface area contributed by atoms with Crippen molar-refractivity contribution in [3.8, 4) is 6.07 Å². The molecule has 2 aromatic rings. The van der Waals surface area contributed by atoms with Crippen molar-refractivity contribution in [2.24, 2.45) is 0 Å². The van der Waals surface area contributed by atoms with Gasteiger partial charge in [0.2, 0.25) is 0 Å². The lowest BCUT2D eigenvalue weighted by atomic mass is 9.92. The first-order valence-corrected chi connectivity index (χ1v) is 8.78. The Kier molecular flexibility index (Phi) is 6.68. The maximum Gasteiger partial charge on any atom is 0.0991 e. The summed E-state index contributed by atoms with van der Waals surface area (Å²) in [6.07, 6.45) is 3.32. The predicted octanol–water partition coefficient (Wildman–Crippen LogP) is 5.13. The SMILES string of the molecule is Br.CN(C)CCC=C1c2cc(C#N)ccc2CSc2ccccc21. The molecule has 1 aliphatic rings. The third-order valence-corrected chi connectivity index (χ3v) is 5.14. The van der Waals surface area contributed by atoms with E-state index in [9.17, 15) is 5.26 Å². The molecular weight excluding hydrogens is 380 g/mol. The lowest BCUT2D eigenvalue weighted by Gasteiger charge is -2.13. The van der Waals surface area contributed by atoms with Crippen LogP contribution < -0.4 is 0 Å². The molecule has 2 aromatic carbocycles. The molecule has 0 aromatic heterocycles. The summed E-state index contributed by atoms with van der Waals surface area (Å²) in [5, 5.41) is 9.26. The Hall–Kier alpha value is -1.54. The lowest BCUT2D eigenvalue weighted by molar-refractivity contribution is 0.417. The molecule has 0 radical (unpaired) electrons. The molecular formula is C20H21BrN2S. The van der Waals surface area contributed by atoms with Crippen LogP contribution in [0.5, 0.6) is 0 Å². The van der Waals surface area contributed by atoms with Gasteiger partial charge in [0.25, 0.3) is 0 Å². The normalized spacial score (nSPS) is 14.3. The van der Waals surface area contributed by atoms with E-state index in [-0.39, 0.29) is 17.0 Å². The summed E-state index contributed by atoms with van der Waals surface area (Å²) in [4.78, 5) is 3.51. The van der Waals surface area contributed by atoms with E-state index in [4.69, 9.17) is 0 Å². The average Bonchev–Trinajstić information content (AvgIpc) is 2.71. The Morgan fingerprint density at radius 1 is 1.17 bits per heavy atom. The summed E-state index contributed by atoms with van der Waals surface area (Å²) in [7, 11) is 4.19. The quantitative estimate of drug-likeness (QED) is 0.714. The van der Waals surface area contributed by atoms with Gasteiger partial charge in [0.05, 0.1) is 11.6 Å². The first-order valence-electron chi connectivity index (χ1n) is 7.79. The number of fused-ring (bicyclic) bond motifs is 2.